The Labute approximate surface area is 169 Å². The fourth-order valence-corrected chi connectivity index (χ4v) is 4.25. The van der Waals surface area contributed by atoms with Crippen LogP contribution < -0.4 is 0 Å². The van der Waals surface area contributed by atoms with Gasteiger partial charge in [0.2, 0.25) is 0 Å². The van der Waals surface area contributed by atoms with Gasteiger partial charge in [0, 0.05) is 11.1 Å². The SMILES string of the molecule is C=C(c1ccccc1)C1(c2ccccc2)CN(C(C)(C)C)C(=O)N1C(C)(C)C. The third-order valence-electron chi connectivity index (χ3n) is 5.54. The number of benzene rings is 2. The normalized spacial score (nSPS) is 20.6. The lowest BCUT2D eigenvalue weighted by Gasteiger charge is -2.46. The van der Waals surface area contributed by atoms with Crippen molar-refractivity contribution in [3.05, 3.63) is 78.4 Å². The van der Waals surface area contributed by atoms with Crippen LogP contribution in [-0.2, 0) is 5.54 Å². The van der Waals surface area contributed by atoms with E-state index in [1.54, 1.807) is 0 Å². The van der Waals surface area contributed by atoms with Crippen LogP contribution in [0.15, 0.2) is 67.2 Å². The fourth-order valence-electron chi connectivity index (χ4n) is 4.25. The molecule has 1 heterocycles. The number of hydrogen-bond donors (Lipinski definition) is 0. The third kappa shape index (κ3) is 3.23. The molecule has 1 saturated heterocycles. The van der Waals surface area contributed by atoms with E-state index in [0.717, 1.165) is 16.7 Å². The lowest BCUT2D eigenvalue weighted by molar-refractivity contribution is 0.106. The van der Waals surface area contributed by atoms with E-state index >= 15 is 0 Å². The van der Waals surface area contributed by atoms with Crippen LogP contribution in [0.25, 0.3) is 5.57 Å². The molecule has 1 atom stereocenters. The van der Waals surface area contributed by atoms with Crippen molar-refractivity contribution >= 4 is 11.6 Å². The summed E-state index contributed by atoms with van der Waals surface area (Å²) in [5.41, 5.74) is 1.82. The van der Waals surface area contributed by atoms with Crippen LogP contribution in [0, 0.1) is 0 Å². The maximum Gasteiger partial charge on any atom is 0.322 e. The molecule has 0 aromatic heterocycles. The van der Waals surface area contributed by atoms with Crippen LogP contribution in [-0.4, -0.2) is 33.5 Å². The summed E-state index contributed by atoms with van der Waals surface area (Å²) in [7, 11) is 0. The van der Waals surface area contributed by atoms with E-state index in [9.17, 15) is 4.79 Å². The number of urea groups is 1. The number of carbonyl (C=O) groups is 1. The average molecular weight is 377 g/mol. The molecule has 2 aromatic rings. The summed E-state index contributed by atoms with van der Waals surface area (Å²) in [5, 5.41) is 0. The highest BCUT2D eigenvalue weighted by Crippen LogP contribution is 2.50. The zero-order chi connectivity index (χ0) is 20.7. The summed E-state index contributed by atoms with van der Waals surface area (Å²) >= 11 is 0. The van der Waals surface area contributed by atoms with Crippen LogP contribution >= 0.6 is 0 Å². The Morgan fingerprint density at radius 2 is 1.36 bits per heavy atom. The monoisotopic (exact) mass is 376 g/mol. The minimum absolute atomic E-state index is 0.0564. The highest BCUT2D eigenvalue weighted by molar-refractivity contribution is 5.87. The second kappa shape index (κ2) is 6.80. The van der Waals surface area contributed by atoms with Gasteiger partial charge in [-0.3, -0.25) is 0 Å². The number of amides is 2. The molecule has 2 amide bonds. The van der Waals surface area contributed by atoms with Gasteiger partial charge >= 0.3 is 6.03 Å². The van der Waals surface area contributed by atoms with Crippen molar-refractivity contribution in [1.29, 1.82) is 0 Å². The molecule has 0 N–H and O–H groups in total. The van der Waals surface area contributed by atoms with E-state index in [1.165, 1.54) is 0 Å². The van der Waals surface area contributed by atoms with E-state index in [0.29, 0.717) is 6.54 Å². The Morgan fingerprint density at radius 3 is 1.82 bits per heavy atom. The van der Waals surface area contributed by atoms with E-state index in [4.69, 9.17) is 0 Å². The third-order valence-corrected chi connectivity index (χ3v) is 5.54. The van der Waals surface area contributed by atoms with Gasteiger partial charge in [-0.2, -0.15) is 0 Å². The van der Waals surface area contributed by atoms with Gasteiger partial charge in [-0.05, 0) is 58.2 Å². The molecule has 0 saturated carbocycles. The first-order valence-electron chi connectivity index (χ1n) is 9.92. The molecule has 2 aromatic carbocycles. The number of nitrogens with zero attached hydrogens (tertiary/aromatic N) is 2. The Kier molecular flexibility index (Phi) is 4.91. The second-order valence-corrected chi connectivity index (χ2v) is 9.62. The minimum Gasteiger partial charge on any atom is -0.317 e. The van der Waals surface area contributed by atoms with E-state index in [-0.39, 0.29) is 17.1 Å². The zero-order valence-corrected chi connectivity index (χ0v) is 18.0. The molecule has 1 aliphatic heterocycles. The van der Waals surface area contributed by atoms with Crippen LogP contribution in [0.4, 0.5) is 4.79 Å². The number of rotatable bonds is 3. The average Bonchev–Trinajstić information content (AvgIpc) is 2.97. The van der Waals surface area contributed by atoms with Crippen LogP contribution in [0.5, 0.6) is 0 Å². The Bertz CT molecular complexity index is 859. The second-order valence-electron chi connectivity index (χ2n) is 9.62. The van der Waals surface area contributed by atoms with Crippen LogP contribution in [0.3, 0.4) is 0 Å². The molecule has 3 heteroatoms. The number of carbonyl (C=O) groups excluding carboxylic acids is 1. The molecule has 0 aliphatic carbocycles. The van der Waals surface area contributed by atoms with E-state index < -0.39 is 5.54 Å². The summed E-state index contributed by atoms with van der Waals surface area (Å²) in [4.78, 5) is 17.8. The summed E-state index contributed by atoms with van der Waals surface area (Å²) in [6.07, 6.45) is 0. The van der Waals surface area contributed by atoms with Crippen molar-refractivity contribution in [2.45, 2.75) is 58.2 Å². The van der Waals surface area contributed by atoms with Crippen molar-refractivity contribution in [2.75, 3.05) is 6.54 Å². The molecule has 148 valence electrons. The maximum atomic E-state index is 13.7. The highest BCUT2D eigenvalue weighted by atomic mass is 16.2. The van der Waals surface area contributed by atoms with E-state index in [2.05, 4.69) is 72.4 Å². The lowest BCUT2D eigenvalue weighted by Crippen LogP contribution is -2.55. The summed E-state index contributed by atoms with van der Waals surface area (Å²) in [6.45, 7) is 17.7. The quantitative estimate of drug-likeness (QED) is 0.651. The standard InChI is InChI=1S/C25H32N2O/c1-19(20-14-10-8-11-15-20)25(21-16-12-9-13-17-21)18-26(23(2,3)4)22(28)27(25)24(5,6)7/h8-17H,1,18H2,2-7H3. The highest BCUT2D eigenvalue weighted by Gasteiger charge is 2.58. The topological polar surface area (TPSA) is 23.6 Å². The van der Waals surface area contributed by atoms with E-state index in [1.807, 2.05) is 46.2 Å². The van der Waals surface area contributed by atoms with Gasteiger partial charge in [-0.15, -0.1) is 0 Å². The van der Waals surface area contributed by atoms with Crippen LogP contribution in [0.1, 0.15) is 52.7 Å². The van der Waals surface area contributed by atoms with Gasteiger partial charge in [-0.25, -0.2) is 4.79 Å². The Balaban J connectivity index is 2.31. The fraction of sp³-hybridized carbons (Fsp3) is 0.400. The molecule has 0 bridgehead atoms. The molecule has 28 heavy (non-hydrogen) atoms. The van der Waals surface area contributed by atoms with Crippen molar-refractivity contribution in [1.82, 2.24) is 9.80 Å². The molecule has 0 radical (unpaired) electrons. The van der Waals surface area contributed by atoms with Gasteiger partial charge < -0.3 is 9.80 Å². The molecule has 1 fully saturated rings. The molecule has 1 aliphatic rings. The Hall–Kier alpha value is -2.55. The molecular weight excluding hydrogens is 344 g/mol. The molecule has 1 unspecified atom stereocenters. The van der Waals surface area contributed by atoms with Gasteiger partial charge in [0.1, 0.15) is 5.54 Å². The van der Waals surface area contributed by atoms with Crippen molar-refractivity contribution < 1.29 is 4.79 Å². The van der Waals surface area contributed by atoms with Crippen LogP contribution in [0.2, 0.25) is 0 Å². The smallest absolute Gasteiger partial charge is 0.317 e. The first-order chi connectivity index (χ1) is 13.0. The lowest BCUT2D eigenvalue weighted by atomic mass is 9.77. The number of hydrogen-bond acceptors (Lipinski definition) is 1. The molecular formula is C25H32N2O. The maximum absolute atomic E-state index is 13.7. The van der Waals surface area contributed by atoms with Crippen molar-refractivity contribution in [2.24, 2.45) is 0 Å². The summed E-state index contributed by atoms with van der Waals surface area (Å²) in [5.74, 6) is 0. The van der Waals surface area contributed by atoms with Crippen molar-refractivity contribution in [3.8, 4) is 0 Å². The molecule has 3 nitrogen and oxygen atoms in total. The van der Waals surface area contributed by atoms with Gasteiger partial charge in [0.25, 0.3) is 0 Å². The summed E-state index contributed by atoms with van der Waals surface area (Å²) in [6, 6.07) is 20.6. The molecule has 0 spiro atoms. The zero-order valence-electron chi connectivity index (χ0n) is 18.0. The minimum atomic E-state index is -0.634. The predicted octanol–water partition coefficient (Wildman–Crippen LogP) is 5.93. The molecule has 3 rings (SSSR count). The van der Waals surface area contributed by atoms with Gasteiger partial charge in [-0.1, -0.05) is 67.2 Å². The predicted molar refractivity (Wildman–Crippen MR) is 117 cm³/mol. The largest absolute Gasteiger partial charge is 0.322 e. The summed E-state index contributed by atoms with van der Waals surface area (Å²) < 4.78 is 0. The first-order valence-corrected chi connectivity index (χ1v) is 9.92. The van der Waals surface area contributed by atoms with Gasteiger partial charge in [0.15, 0.2) is 0 Å². The Morgan fingerprint density at radius 1 is 0.857 bits per heavy atom. The van der Waals surface area contributed by atoms with Crippen molar-refractivity contribution in [3.63, 3.8) is 0 Å². The van der Waals surface area contributed by atoms with Gasteiger partial charge in [0.05, 0.1) is 6.54 Å². The first kappa shape index (κ1) is 20.2.